The third-order valence-electron chi connectivity index (χ3n) is 2.82. The standard InChI is InChI=1S/C12H13NO3/c1-7(12(15)16)4-8-2-3-10-9(5-8)6-13-11(10)14/h2-3,5,7H,4,6H2,1H3,(H,13,14)(H,15,16). The minimum absolute atomic E-state index is 0.0483. The van der Waals surface area contributed by atoms with Crippen LogP contribution in [0, 0.1) is 5.92 Å². The Kier molecular flexibility index (Phi) is 2.64. The first-order valence-corrected chi connectivity index (χ1v) is 5.20. The predicted molar refractivity (Wildman–Crippen MR) is 58.1 cm³/mol. The van der Waals surface area contributed by atoms with E-state index in [0.717, 1.165) is 11.1 Å². The summed E-state index contributed by atoms with van der Waals surface area (Å²) in [4.78, 5) is 22.0. The first kappa shape index (κ1) is 10.7. The molecule has 4 nitrogen and oxygen atoms in total. The molecule has 0 aromatic heterocycles. The Morgan fingerprint density at radius 3 is 3.00 bits per heavy atom. The number of aliphatic carboxylic acids is 1. The van der Waals surface area contributed by atoms with Crippen molar-refractivity contribution in [2.24, 2.45) is 5.92 Å². The number of nitrogens with one attached hydrogen (secondary N) is 1. The number of amides is 1. The normalized spacial score (nSPS) is 15.4. The Morgan fingerprint density at radius 2 is 2.31 bits per heavy atom. The number of fused-ring (bicyclic) bond motifs is 1. The summed E-state index contributed by atoms with van der Waals surface area (Å²) in [5.74, 6) is -1.24. The summed E-state index contributed by atoms with van der Waals surface area (Å²) >= 11 is 0. The largest absolute Gasteiger partial charge is 0.481 e. The van der Waals surface area contributed by atoms with E-state index in [1.54, 1.807) is 13.0 Å². The maximum Gasteiger partial charge on any atom is 0.306 e. The van der Waals surface area contributed by atoms with Gasteiger partial charge in [-0.3, -0.25) is 9.59 Å². The third-order valence-corrected chi connectivity index (χ3v) is 2.82. The molecular weight excluding hydrogens is 206 g/mol. The fourth-order valence-corrected chi connectivity index (χ4v) is 1.85. The molecule has 1 aromatic carbocycles. The van der Waals surface area contributed by atoms with Crippen LogP contribution in [0.2, 0.25) is 0 Å². The molecule has 0 radical (unpaired) electrons. The summed E-state index contributed by atoms with van der Waals surface area (Å²) in [5, 5.41) is 11.5. The first-order valence-electron chi connectivity index (χ1n) is 5.20. The lowest BCUT2D eigenvalue weighted by molar-refractivity contribution is -0.141. The number of benzene rings is 1. The quantitative estimate of drug-likeness (QED) is 0.802. The van der Waals surface area contributed by atoms with E-state index in [2.05, 4.69) is 5.32 Å². The van der Waals surface area contributed by atoms with Gasteiger partial charge in [0.1, 0.15) is 0 Å². The van der Waals surface area contributed by atoms with Gasteiger partial charge in [-0.05, 0) is 23.6 Å². The second-order valence-electron chi connectivity index (χ2n) is 4.12. The molecule has 1 atom stereocenters. The number of hydrogen-bond donors (Lipinski definition) is 2. The summed E-state index contributed by atoms with van der Waals surface area (Å²) in [6, 6.07) is 5.50. The average molecular weight is 219 g/mol. The molecule has 1 heterocycles. The SMILES string of the molecule is CC(Cc1ccc2c(c1)CNC2=O)C(=O)O. The lowest BCUT2D eigenvalue weighted by Crippen LogP contribution is -2.12. The zero-order chi connectivity index (χ0) is 11.7. The highest BCUT2D eigenvalue weighted by atomic mass is 16.4. The van der Waals surface area contributed by atoms with Crippen molar-refractivity contribution in [1.82, 2.24) is 5.32 Å². The van der Waals surface area contributed by atoms with Gasteiger partial charge in [0.05, 0.1) is 5.92 Å². The van der Waals surface area contributed by atoms with Crippen LogP contribution >= 0.6 is 0 Å². The van der Waals surface area contributed by atoms with Crippen LogP contribution in [0.5, 0.6) is 0 Å². The van der Waals surface area contributed by atoms with E-state index in [1.165, 1.54) is 0 Å². The van der Waals surface area contributed by atoms with Crippen molar-refractivity contribution in [3.63, 3.8) is 0 Å². The molecule has 1 aliphatic heterocycles. The molecule has 1 aliphatic rings. The molecule has 2 N–H and O–H groups in total. The highest BCUT2D eigenvalue weighted by Gasteiger charge is 2.19. The van der Waals surface area contributed by atoms with E-state index in [9.17, 15) is 9.59 Å². The zero-order valence-corrected chi connectivity index (χ0v) is 8.99. The van der Waals surface area contributed by atoms with Crippen molar-refractivity contribution in [2.75, 3.05) is 0 Å². The van der Waals surface area contributed by atoms with Gasteiger partial charge in [-0.1, -0.05) is 19.1 Å². The highest BCUT2D eigenvalue weighted by molar-refractivity contribution is 5.98. The fourth-order valence-electron chi connectivity index (χ4n) is 1.85. The van der Waals surface area contributed by atoms with Gasteiger partial charge in [-0.2, -0.15) is 0 Å². The van der Waals surface area contributed by atoms with Crippen LogP contribution in [0.4, 0.5) is 0 Å². The number of carboxylic acids is 1. The summed E-state index contributed by atoms with van der Waals surface area (Å²) in [5.41, 5.74) is 2.62. The minimum Gasteiger partial charge on any atom is -0.481 e. The maximum absolute atomic E-state index is 11.3. The Hall–Kier alpha value is -1.84. The predicted octanol–water partition coefficient (Wildman–Crippen LogP) is 1.19. The van der Waals surface area contributed by atoms with Crippen LogP contribution in [0.25, 0.3) is 0 Å². The second-order valence-corrected chi connectivity index (χ2v) is 4.12. The highest BCUT2D eigenvalue weighted by Crippen LogP contribution is 2.19. The summed E-state index contributed by atoms with van der Waals surface area (Å²) in [6.07, 6.45) is 0.497. The van der Waals surface area contributed by atoms with Gasteiger partial charge in [-0.15, -0.1) is 0 Å². The number of hydrogen-bond acceptors (Lipinski definition) is 2. The van der Waals surface area contributed by atoms with Gasteiger partial charge < -0.3 is 10.4 Å². The molecule has 84 valence electrons. The number of carbonyl (C=O) groups excluding carboxylic acids is 1. The van der Waals surface area contributed by atoms with E-state index >= 15 is 0 Å². The zero-order valence-electron chi connectivity index (χ0n) is 8.99. The first-order chi connectivity index (χ1) is 7.58. The average Bonchev–Trinajstić information content (AvgIpc) is 2.60. The monoisotopic (exact) mass is 219 g/mol. The fraction of sp³-hybridized carbons (Fsp3) is 0.333. The van der Waals surface area contributed by atoms with Gasteiger partial charge in [0.15, 0.2) is 0 Å². The third kappa shape index (κ3) is 1.91. The molecule has 0 bridgehead atoms. The van der Waals surface area contributed by atoms with Gasteiger partial charge in [0.2, 0.25) is 0 Å². The number of carboxylic acid groups (broad SMARTS) is 1. The maximum atomic E-state index is 11.3. The smallest absolute Gasteiger partial charge is 0.306 e. The summed E-state index contributed by atoms with van der Waals surface area (Å²) < 4.78 is 0. The van der Waals surface area contributed by atoms with Crippen molar-refractivity contribution in [3.8, 4) is 0 Å². The van der Waals surface area contributed by atoms with Crippen molar-refractivity contribution in [2.45, 2.75) is 19.9 Å². The van der Waals surface area contributed by atoms with E-state index in [4.69, 9.17) is 5.11 Å². The van der Waals surface area contributed by atoms with E-state index in [1.807, 2.05) is 12.1 Å². The topological polar surface area (TPSA) is 66.4 Å². The van der Waals surface area contributed by atoms with Crippen molar-refractivity contribution >= 4 is 11.9 Å². The molecule has 16 heavy (non-hydrogen) atoms. The molecule has 0 fully saturated rings. The summed E-state index contributed by atoms with van der Waals surface area (Å²) in [7, 11) is 0. The Bertz CT molecular complexity index is 454. The van der Waals surface area contributed by atoms with Gasteiger partial charge in [0, 0.05) is 12.1 Å². The lowest BCUT2D eigenvalue weighted by Gasteiger charge is -2.07. The van der Waals surface area contributed by atoms with Crippen LogP contribution in [0.3, 0.4) is 0 Å². The van der Waals surface area contributed by atoms with E-state index in [0.29, 0.717) is 18.5 Å². The molecule has 1 amide bonds. The molecule has 4 heteroatoms. The molecule has 0 spiro atoms. The van der Waals surface area contributed by atoms with E-state index in [-0.39, 0.29) is 5.91 Å². The molecule has 0 saturated heterocycles. The molecule has 1 unspecified atom stereocenters. The molecular formula is C12H13NO3. The lowest BCUT2D eigenvalue weighted by atomic mass is 9.98. The van der Waals surface area contributed by atoms with Gasteiger partial charge in [-0.25, -0.2) is 0 Å². The second kappa shape index (κ2) is 3.96. The van der Waals surface area contributed by atoms with Crippen LogP contribution in [-0.2, 0) is 17.8 Å². The van der Waals surface area contributed by atoms with Crippen LogP contribution in [0.15, 0.2) is 18.2 Å². The molecule has 1 aromatic rings. The minimum atomic E-state index is -0.797. The molecule has 0 saturated carbocycles. The van der Waals surface area contributed by atoms with Crippen molar-refractivity contribution in [3.05, 3.63) is 34.9 Å². The van der Waals surface area contributed by atoms with Crippen LogP contribution in [0.1, 0.15) is 28.4 Å². The molecule has 2 rings (SSSR count). The number of rotatable bonds is 3. The van der Waals surface area contributed by atoms with Gasteiger partial charge in [0.25, 0.3) is 5.91 Å². The molecule has 0 aliphatic carbocycles. The van der Waals surface area contributed by atoms with Gasteiger partial charge >= 0.3 is 5.97 Å². The number of carbonyl (C=O) groups is 2. The van der Waals surface area contributed by atoms with Crippen LogP contribution in [-0.4, -0.2) is 17.0 Å². The van der Waals surface area contributed by atoms with Crippen LogP contribution < -0.4 is 5.32 Å². The van der Waals surface area contributed by atoms with E-state index < -0.39 is 11.9 Å². The Balaban J connectivity index is 2.19. The summed E-state index contributed by atoms with van der Waals surface area (Å²) in [6.45, 7) is 2.22. The Labute approximate surface area is 93.3 Å². The van der Waals surface area contributed by atoms with Crippen molar-refractivity contribution < 1.29 is 14.7 Å². The Morgan fingerprint density at radius 1 is 1.56 bits per heavy atom. The van der Waals surface area contributed by atoms with Crippen molar-refractivity contribution in [1.29, 1.82) is 0 Å².